The average Bonchev–Trinajstić information content (AvgIpc) is 3.08. The van der Waals surface area contributed by atoms with Crippen molar-refractivity contribution < 1.29 is 19.1 Å². The first kappa shape index (κ1) is 14.5. The Morgan fingerprint density at radius 1 is 1.32 bits per heavy atom. The van der Waals surface area contributed by atoms with E-state index in [1.807, 2.05) is 17.5 Å². The summed E-state index contributed by atoms with van der Waals surface area (Å²) in [5.41, 5.74) is 0.479. The Kier molecular flexibility index (Phi) is 3.81. The number of carbonyl (C=O) groups excluding carboxylic acids is 2. The molecule has 3 rings (SSSR count). The molecule has 0 N–H and O–H groups in total. The molecule has 22 heavy (non-hydrogen) atoms. The van der Waals surface area contributed by atoms with Gasteiger partial charge >= 0.3 is 5.97 Å². The van der Waals surface area contributed by atoms with Crippen LogP contribution in [0, 0.1) is 5.92 Å². The van der Waals surface area contributed by atoms with Crippen molar-refractivity contribution in [2.75, 3.05) is 0 Å². The summed E-state index contributed by atoms with van der Waals surface area (Å²) < 4.78 is 10.8. The number of carbonyl (C=O) groups is 2. The van der Waals surface area contributed by atoms with Gasteiger partial charge < -0.3 is 9.47 Å². The van der Waals surface area contributed by atoms with Gasteiger partial charge in [0.1, 0.15) is 11.5 Å². The number of Topliss-reactive ketones (excluding diaryl/α,β-unsaturated/α-hetero) is 1. The number of benzene rings is 1. The first-order chi connectivity index (χ1) is 10.5. The molecule has 5 heteroatoms. The van der Waals surface area contributed by atoms with Gasteiger partial charge in [-0.3, -0.25) is 9.59 Å². The minimum absolute atomic E-state index is 0.162. The minimum atomic E-state index is -0.321. The third-order valence-corrected chi connectivity index (χ3v) is 3.97. The van der Waals surface area contributed by atoms with Crippen molar-refractivity contribution in [1.29, 1.82) is 0 Å². The van der Waals surface area contributed by atoms with Crippen LogP contribution in [0.25, 0.3) is 6.08 Å². The SMILES string of the molecule is CC(C)C(=O)Oc1ccc2c(c1)O/C(=C\c1cccs1)C2=O. The summed E-state index contributed by atoms with van der Waals surface area (Å²) in [6.07, 6.45) is 1.72. The highest BCUT2D eigenvalue weighted by molar-refractivity contribution is 7.10. The van der Waals surface area contributed by atoms with Crippen LogP contribution in [0.15, 0.2) is 41.5 Å². The lowest BCUT2D eigenvalue weighted by Crippen LogP contribution is -2.14. The van der Waals surface area contributed by atoms with E-state index in [9.17, 15) is 9.59 Å². The molecule has 1 aliphatic heterocycles. The lowest BCUT2D eigenvalue weighted by Gasteiger charge is -2.07. The number of fused-ring (bicyclic) bond motifs is 1. The number of ketones is 1. The van der Waals surface area contributed by atoms with E-state index >= 15 is 0 Å². The van der Waals surface area contributed by atoms with Crippen molar-refractivity contribution >= 4 is 29.2 Å². The highest BCUT2D eigenvalue weighted by Gasteiger charge is 2.28. The molecular weight excluding hydrogens is 300 g/mol. The monoisotopic (exact) mass is 314 g/mol. The smallest absolute Gasteiger partial charge is 0.313 e. The van der Waals surface area contributed by atoms with Gasteiger partial charge in [-0.05, 0) is 23.6 Å². The third kappa shape index (κ3) is 2.80. The molecule has 0 atom stereocenters. The molecule has 0 fully saturated rings. The van der Waals surface area contributed by atoms with Crippen LogP contribution in [-0.4, -0.2) is 11.8 Å². The summed E-state index contributed by atoms with van der Waals surface area (Å²) in [5, 5.41) is 1.93. The Morgan fingerprint density at radius 3 is 2.82 bits per heavy atom. The first-order valence-electron chi connectivity index (χ1n) is 6.88. The largest absolute Gasteiger partial charge is 0.452 e. The van der Waals surface area contributed by atoms with Crippen molar-refractivity contribution in [2.24, 2.45) is 5.92 Å². The molecule has 0 saturated carbocycles. The number of hydrogen-bond acceptors (Lipinski definition) is 5. The van der Waals surface area contributed by atoms with Gasteiger partial charge in [-0.15, -0.1) is 11.3 Å². The second kappa shape index (κ2) is 5.77. The lowest BCUT2D eigenvalue weighted by atomic mass is 10.1. The van der Waals surface area contributed by atoms with Gasteiger partial charge in [0.15, 0.2) is 5.76 Å². The molecule has 1 aliphatic rings. The predicted molar refractivity (Wildman–Crippen MR) is 84.2 cm³/mol. The van der Waals surface area contributed by atoms with Crippen LogP contribution in [0.5, 0.6) is 11.5 Å². The summed E-state index contributed by atoms with van der Waals surface area (Å²) in [7, 11) is 0. The molecule has 0 radical (unpaired) electrons. The van der Waals surface area contributed by atoms with Gasteiger partial charge in [-0.2, -0.15) is 0 Å². The summed E-state index contributed by atoms with van der Waals surface area (Å²) in [6.45, 7) is 3.52. The van der Waals surface area contributed by atoms with Crippen molar-refractivity contribution in [2.45, 2.75) is 13.8 Å². The zero-order valence-electron chi connectivity index (χ0n) is 12.2. The molecular formula is C17H14O4S. The Labute approximate surface area is 132 Å². The van der Waals surface area contributed by atoms with E-state index in [-0.39, 0.29) is 23.4 Å². The fourth-order valence-electron chi connectivity index (χ4n) is 1.97. The quantitative estimate of drug-likeness (QED) is 0.489. The van der Waals surface area contributed by atoms with Gasteiger partial charge in [0.25, 0.3) is 0 Å². The van der Waals surface area contributed by atoms with Crippen LogP contribution >= 0.6 is 11.3 Å². The van der Waals surface area contributed by atoms with Crippen molar-refractivity contribution in [3.63, 3.8) is 0 Å². The van der Waals surface area contributed by atoms with Crippen molar-refractivity contribution in [1.82, 2.24) is 0 Å². The maximum atomic E-state index is 12.3. The molecule has 4 nitrogen and oxygen atoms in total. The van der Waals surface area contributed by atoms with Crippen LogP contribution in [-0.2, 0) is 4.79 Å². The number of ether oxygens (including phenoxy) is 2. The highest BCUT2D eigenvalue weighted by atomic mass is 32.1. The Balaban J connectivity index is 1.85. The average molecular weight is 314 g/mol. The lowest BCUT2D eigenvalue weighted by molar-refractivity contribution is -0.137. The molecule has 1 aromatic heterocycles. The summed E-state index contributed by atoms with van der Waals surface area (Å²) in [5.74, 6) is 0.378. The van der Waals surface area contributed by atoms with Crippen LogP contribution in [0.2, 0.25) is 0 Å². The van der Waals surface area contributed by atoms with Crippen molar-refractivity contribution in [3.8, 4) is 11.5 Å². The van der Waals surface area contributed by atoms with Crippen molar-refractivity contribution in [3.05, 3.63) is 51.9 Å². The van der Waals surface area contributed by atoms with Crippen LogP contribution in [0.4, 0.5) is 0 Å². The summed E-state index contributed by atoms with van der Waals surface area (Å²) in [4.78, 5) is 24.8. The van der Waals surface area contributed by atoms with Gasteiger partial charge in [0.05, 0.1) is 11.5 Å². The summed E-state index contributed by atoms with van der Waals surface area (Å²) in [6, 6.07) is 8.62. The number of rotatable bonds is 3. The number of esters is 1. The summed E-state index contributed by atoms with van der Waals surface area (Å²) >= 11 is 1.53. The third-order valence-electron chi connectivity index (χ3n) is 3.15. The van der Waals surface area contributed by atoms with Gasteiger partial charge in [0, 0.05) is 17.0 Å². The standard InChI is InChI=1S/C17H14O4S/c1-10(2)17(19)20-11-5-6-13-14(8-11)21-15(16(13)18)9-12-4-3-7-22-12/h3-10H,1-2H3/b15-9-. The van der Waals surface area contributed by atoms with E-state index in [2.05, 4.69) is 0 Å². The molecule has 0 unspecified atom stereocenters. The molecule has 0 saturated heterocycles. The van der Waals surface area contributed by atoms with Crippen LogP contribution < -0.4 is 9.47 Å². The molecule has 112 valence electrons. The second-order valence-corrected chi connectivity index (χ2v) is 6.17. The van der Waals surface area contributed by atoms with Crippen LogP contribution in [0.1, 0.15) is 29.1 Å². The normalized spacial score (nSPS) is 15.0. The van der Waals surface area contributed by atoms with E-state index in [1.165, 1.54) is 11.3 Å². The first-order valence-corrected chi connectivity index (χ1v) is 7.76. The molecule has 2 heterocycles. The van der Waals surface area contributed by atoms with E-state index in [1.54, 1.807) is 38.1 Å². The van der Waals surface area contributed by atoms with Crippen LogP contribution in [0.3, 0.4) is 0 Å². The van der Waals surface area contributed by atoms with Gasteiger partial charge in [-0.1, -0.05) is 19.9 Å². The molecule has 2 aromatic rings. The second-order valence-electron chi connectivity index (χ2n) is 5.19. The number of hydrogen-bond donors (Lipinski definition) is 0. The maximum Gasteiger partial charge on any atom is 0.313 e. The van der Waals surface area contributed by atoms with E-state index in [0.717, 1.165) is 4.88 Å². The molecule has 1 aromatic carbocycles. The number of thiophene rings is 1. The fourth-order valence-corrected chi connectivity index (χ4v) is 2.61. The topological polar surface area (TPSA) is 52.6 Å². The predicted octanol–water partition coefficient (Wildman–Crippen LogP) is 3.93. The Hall–Kier alpha value is -2.40. The molecule has 0 spiro atoms. The zero-order chi connectivity index (χ0) is 15.7. The Bertz CT molecular complexity index is 757. The molecule has 0 bridgehead atoms. The van der Waals surface area contributed by atoms with Gasteiger partial charge in [-0.25, -0.2) is 0 Å². The maximum absolute atomic E-state index is 12.3. The van der Waals surface area contributed by atoms with E-state index < -0.39 is 0 Å². The fraction of sp³-hybridized carbons (Fsp3) is 0.176. The minimum Gasteiger partial charge on any atom is -0.452 e. The van der Waals surface area contributed by atoms with E-state index in [0.29, 0.717) is 17.1 Å². The molecule has 0 aliphatic carbocycles. The Morgan fingerprint density at radius 2 is 2.14 bits per heavy atom. The van der Waals surface area contributed by atoms with E-state index in [4.69, 9.17) is 9.47 Å². The number of allylic oxidation sites excluding steroid dienone is 1. The molecule has 0 amide bonds. The highest BCUT2D eigenvalue weighted by Crippen LogP contribution is 2.35. The zero-order valence-corrected chi connectivity index (χ0v) is 13.0. The van der Waals surface area contributed by atoms with Gasteiger partial charge in [0.2, 0.25) is 5.78 Å².